The van der Waals surface area contributed by atoms with E-state index in [0.717, 1.165) is 77.2 Å². The van der Waals surface area contributed by atoms with Crippen LogP contribution in [0.5, 0.6) is 0 Å². The lowest BCUT2D eigenvalue weighted by molar-refractivity contribution is -0.137. The van der Waals surface area contributed by atoms with Crippen LogP contribution in [0.3, 0.4) is 0 Å². The third-order valence-corrected chi connectivity index (χ3v) is 11.3. The number of likely N-dealkylation sites (tertiary alicyclic amines) is 2. The molecule has 314 valence electrons. The quantitative estimate of drug-likeness (QED) is 0.147. The summed E-state index contributed by atoms with van der Waals surface area (Å²) in [6, 6.07) is 12.9. The first-order valence-corrected chi connectivity index (χ1v) is 19.1. The molecule has 2 saturated heterocycles. The summed E-state index contributed by atoms with van der Waals surface area (Å²) in [7, 11) is 1.30. The van der Waals surface area contributed by atoms with Crippen molar-refractivity contribution in [1.82, 2.24) is 35.1 Å². The average Bonchev–Trinajstić information content (AvgIpc) is 3.65. The molecule has 12 nitrogen and oxygen atoms in total. The maximum absolute atomic E-state index is 13.8. The van der Waals surface area contributed by atoms with Gasteiger partial charge in [-0.1, -0.05) is 44.7 Å². The molecule has 3 aliphatic rings. The van der Waals surface area contributed by atoms with E-state index in [9.17, 15) is 19.2 Å². The lowest BCUT2D eigenvalue weighted by atomic mass is 10.0. The number of nitrogens with one attached hydrogen (secondary N) is 3. The molecule has 0 radical (unpaired) electrons. The molecular weight excluding hydrogens is 811 g/mol. The molecule has 1 aliphatic carbocycles. The van der Waals surface area contributed by atoms with Gasteiger partial charge in [-0.2, -0.15) is 54.0 Å². The van der Waals surface area contributed by atoms with Crippen molar-refractivity contribution in [2.75, 3.05) is 20.2 Å². The number of methoxy groups -OCH3 is 1. The molecule has 4 heterocycles. The fourth-order valence-corrected chi connectivity index (χ4v) is 7.89. The number of amides is 3. The van der Waals surface area contributed by atoms with Crippen LogP contribution in [0, 0.1) is 29.1 Å². The molecular formula is C42H57N7O5S4. The lowest BCUT2D eigenvalue weighted by Gasteiger charge is -2.30. The first-order valence-electron chi connectivity index (χ1n) is 19.1. The van der Waals surface area contributed by atoms with Crippen molar-refractivity contribution in [2.24, 2.45) is 17.3 Å². The second-order valence-corrected chi connectivity index (χ2v) is 15.7. The monoisotopic (exact) mass is 867 g/mol. The Kier molecular flexibility index (Phi) is 16.9. The molecule has 1 spiro atoms. The molecule has 2 aromatic carbocycles. The number of fused-ring (bicyclic) bond motifs is 1. The van der Waals surface area contributed by atoms with Gasteiger partial charge in [0.15, 0.2) is 0 Å². The van der Waals surface area contributed by atoms with Crippen LogP contribution in [0.15, 0.2) is 48.7 Å². The number of ether oxygens (including phenoxy) is 1. The molecule has 3 fully saturated rings. The number of rotatable bonds is 10. The number of Topliss-reactive ketones (excluding diaryl/α,β-unsaturated/α-hetero) is 1. The lowest BCUT2D eigenvalue weighted by Crippen LogP contribution is -2.51. The Morgan fingerprint density at radius 1 is 0.914 bits per heavy atom. The number of carbonyl (C=O) groups is 4. The molecule has 4 aromatic rings. The van der Waals surface area contributed by atoms with E-state index in [4.69, 9.17) is 9.72 Å². The van der Waals surface area contributed by atoms with Crippen LogP contribution >= 0.6 is 54.0 Å². The van der Waals surface area contributed by atoms with Crippen molar-refractivity contribution in [1.29, 1.82) is 0 Å². The Balaban J connectivity index is 0.00000225. The number of hydrogen-bond acceptors (Lipinski definition) is 7. The van der Waals surface area contributed by atoms with Gasteiger partial charge in [0.1, 0.15) is 23.5 Å². The number of nitrogens with zero attached hydrogens (tertiary/aromatic N) is 4. The van der Waals surface area contributed by atoms with E-state index in [2.05, 4.69) is 32.1 Å². The SMILES string of the molecule is COC(=O)N[C@H](C(=O)N1CC2(CC2)C[C@H]1c1nc2ccc(C#Cc3ccc(-c4cnc([C@@H]5CCCN5C(=O)[C@@H](C)CCC(C)=O)[nH]4)cc3)cc2[nH]1)C(C)C.S.S.S.S. The number of imidazole rings is 2. The molecule has 2 aliphatic heterocycles. The third kappa shape index (κ3) is 10.6. The highest BCUT2D eigenvalue weighted by atomic mass is 32.1. The zero-order valence-corrected chi connectivity index (χ0v) is 37.7. The summed E-state index contributed by atoms with van der Waals surface area (Å²) < 4.78 is 4.80. The van der Waals surface area contributed by atoms with Crippen LogP contribution in [0.2, 0.25) is 0 Å². The van der Waals surface area contributed by atoms with E-state index in [1.54, 1.807) is 6.92 Å². The molecule has 0 bridgehead atoms. The number of H-pyrrole nitrogens is 2. The molecule has 4 atom stereocenters. The average molecular weight is 868 g/mol. The summed E-state index contributed by atoms with van der Waals surface area (Å²) in [5, 5.41) is 2.74. The molecule has 0 unspecified atom stereocenters. The Hall–Kier alpha value is -4.04. The smallest absolute Gasteiger partial charge is 0.407 e. The number of carbonyl (C=O) groups excluding carboxylic acids is 4. The van der Waals surface area contributed by atoms with Gasteiger partial charge in [-0.3, -0.25) is 9.59 Å². The molecule has 1 saturated carbocycles. The predicted octanol–water partition coefficient (Wildman–Crippen LogP) is 6.91. The van der Waals surface area contributed by atoms with E-state index in [-0.39, 0.29) is 101 Å². The van der Waals surface area contributed by atoms with E-state index in [1.165, 1.54) is 7.11 Å². The minimum Gasteiger partial charge on any atom is -0.453 e. The van der Waals surface area contributed by atoms with Crippen molar-refractivity contribution >= 4 is 88.7 Å². The van der Waals surface area contributed by atoms with Crippen LogP contribution in [0.4, 0.5) is 4.79 Å². The largest absolute Gasteiger partial charge is 0.453 e. The minimum atomic E-state index is -0.689. The molecule has 3 amide bonds. The molecule has 58 heavy (non-hydrogen) atoms. The van der Waals surface area contributed by atoms with Gasteiger partial charge in [0.25, 0.3) is 0 Å². The number of aromatic nitrogens is 4. The summed E-state index contributed by atoms with van der Waals surface area (Å²) in [4.78, 5) is 70.9. The summed E-state index contributed by atoms with van der Waals surface area (Å²) in [6.45, 7) is 8.65. The van der Waals surface area contributed by atoms with Crippen LogP contribution < -0.4 is 5.32 Å². The maximum Gasteiger partial charge on any atom is 0.407 e. The Morgan fingerprint density at radius 2 is 1.60 bits per heavy atom. The molecule has 2 aromatic heterocycles. The topological polar surface area (TPSA) is 153 Å². The summed E-state index contributed by atoms with van der Waals surface area (Å²) in [5.41, 5.74) is 5.34. The van der Waals surface area contributed by atoms with E-state index >= 15 is 0 Å². The van der Waals surface area contributed by atoms with Gasteiger partial charge < -0.3 is 34.6 Å². The number of hydrogen-bond donors (Lipinski definition) is 3. The highest BCUT2D eigenvalue weighted by Gasteiger charge is 2.55. The van der Waals surface area contributed by atoms with Crippen molar-refractivity contribution in [3.8, 4) is 23.1 Å². The van der Waals surface area contributed by atoms with Crippen molar-refractivity contribution < 1.29 is 23.9 Å². The van der Waals surface area contributed by atoms with Gasteiger partial charge >= 0.3 is 6.09 Å². The summed E-state index contributed by atoms with van der Waals surface area (Å²) in [5.74, 6) is 7.85. The third-order valence-electron chi connectivity index (χ3n) is 11.3. The first kappa shape index (κ1) is 48.3. The Labute approximate surface area is 368 Å². The van der Waals surface area contributed by atoms with Gasteiger partial charge in [-0.05, 0) is 92.7 Å². The van der Waals surface area contributed by atoms with E-state index < -0.39 is 12.1 Å². The van der Waals surface area contributed by atoms with E-state index in [1.807, 2.05) is 79.2 Å². The van der Waals surface area contributed by atoms with Gasteiger partial charge in [-0.15, -0.1) is 0 Å². The number of ketones is 1. The predicted molar refractivity (Wildman–Crippen MR) is 245 cm³/mol. The zero-order valence-electron chi connectivity index (χ0n) is 33.7. The maximum atomic E-state index is 13.8. The molecule has 16 heteroatoms. The minimum absolute atomic E-state index is 0. The summed E-state index contributed by atoms with van der Waals surface area (Å²) >= 11 is 0. The van der Waals surface area contributed by atoms with Gasteiger partial charge in [-0.25, -0.2) is 14.8 Å². The van der Waals surface area contributed by atoms with Crippen LogP contribution in [0.25, 0.3) is 22.3 Å². The van der Waals surface area contributed by atoms with Crippen LogP contribution in [-0.2, 0) is 19.1 Å². The number of aromatic amines is 2. The molecule has 7 rings (SSSR count). The standard InChI is InChI=1S/C42H49N7O5.4H2S/c1-25(2)36(47-41(53)54-5)40(52)49-24-42(18-19-42)22-35(49)38-44-31-17-14-29(21-32(31)45-38)11-10-28-12-15-30(16-13-28)33-23-43-37(46-33)34-7-6-20-48(34)39(51)26(3)8-9-27(4)50;;;;/h12-17,21,23,25-26,34-36H,6-9,18-20,22,24H2,1-5H3,(H,43,46)(H,44,45)(H,47,53);4*1H2/t26-,34-,35-,36-;;;;/m0..../s1. The van der Waals surface area contributed by atoms with Crippen molar-refractivity contribution in [2.45, 2.75) is 90.8 Å². The van der Waals surface area contributed by atoms with Gasteiger partial charge in [0, 0.05) is 36.6 Å². The Morgan fingerprint density at radius 3 is 2.26 bits per heavy atom. The van der Waals surface area contributed by atoms with Gasteiger partial charge in [0.2, 0.25) is 11.8 Å². The van der Waals surface area contributed by atoms with Crippen molar-refractivity contribution in [3.63, 3.8) is 0 Å². The number of benzene rings is 2. The van der Waals surface area contributed by atoms with E-state index in [0.29, 0.717) is 25.9 Å². The second kappa shape index (κ2) is 20.3. The van der Waals surface area contributed by atoms with Crippen molar-refractivity contribution in [3.05, 3.63) is 71.4 Å². The normalized spacial score (nSPS) is 18.4. The van der Waals surface area contributed by atoms with Crippen LogP contribution in [-0.4, -0.2) is 79.7 Å². The summed E-state index contributed by atoms with van der Waals surface area (Å²) in [6.07, 6.45) is 6.96. The first-order chi connectivity index (χ1) is 25.9. The number of alkyl carbamates (subject to hydrolysis) is 1. The second-order valence-electron chi connectivity index (χ2n) is 15.7. The Bertz CT molecular complexity index is 2140. The molecule has 3 N–H and O–H groups in total. The zero-order chi connectivity index (χ0) is 38.1. The highest BCUT2D eigenvalue weighted by Crippen LogP contribution is 2.58. The fourth-order valence-electron chi connectivity index (χ4n) is 7.89. The highest BCUT2D eigenvalue weighted by molar-refractivity contribution is 7.59. The van der Waals surface area contributed by atoms with Crippen LogP contribution in [0.1, 0.15) is 108 Å². The van der Waals surface area contributed by atoms with Gasteiger partial charge in [0.05, 0.1) is 42.1 Å². The fraction of sp³-hybridized carbons (Fsp3) is 0.476.